The number of carbonyl (C=O) groups excluding carboxylic acids is 1. The quantitative estimate of drug-likeness (QED) is 0.181. The second-order valence-electron chi connectivity index (χ2n) is 12.6. The molecule has 0 N–H and O–H groups in total. The number of hydrogen-bond acceptors (Lipinski definition) is 4. The van der Waals surface area contributed by atoms with E-state index in [1.165, 1.54) is 43.2 Å². The van der Waals surface area contributed by atoms with E-state index in [9.17, 15) is 4.79 Å². The molecule has 0 bridgehead atoms. The summed E-state index contributed by atoms with van der Waals surface area (Å²) in [6, 6.07) is 34.2. The van der Waals surface area contributed by atoms with Gasteiger partial charge in [0.15, 0.2) is 0 Å². The fraction of sp³-hybridized carbons (Fsp3) is 0.385. The standard InChI is InChI=1S/C39H46N4O/c44-39(43(30-32-11-4-1-5-12-32)31-33-19-22-40-23-20-33)36-17-10-18-37(29-36)42-27-25-41(26-28-42)24-21-38(34-13-6-2-7-14-34)35-15-8-3-9-16-35/h2-3,6-10,13-20,22-23,29,32,38H,1,4-5,11-12,21,24-28,30-31H2. The van der Waals surface area contributed by atoms with Crippen LogP contribution in [0, 0.1) is 5.92 Å². The summed E-state index contributed by atoms with van der Waals surface area (Å²) in [6.45, 7) is 6.55. The van der Waals surface area contributed by atoms with Gasteiger partial charge in [0, 0.05) is 68.8 Å². The van der Waals surface area contributed by atoms with Crippen molar-refractivity contribution in [1.29, 1.82) is 0 Å². The first kappa shape index (κ1) is 30.1. The van der Waals surface area contributed by atoms with Gasteiger partial charge in [-0.3, -0.25) is 14.7 Å². The third kappa shape index (κ3) is 7.95. The van der Waals surface area contributed by atoms with E-state index in [-0.39, 0.29) is 5.91 Å². The highest BCUT2D eigenvalue weighted by molar-refractivity contribution is 5.95. The highest BCUT2D eigenvalue weighted by Crippen LogP contribution is 2.29. The number of amides is 1. The van der Waals surface area contributed by atoms with Gasteiger partial charge in [0.1, 0.15) is 0 Å². The molecule has 4 aromatic rings. The lowest BCUT2D eigenvalue weighted by molar-refractivity contribution is 0.0699. The van der Waals surface area contributed by atoms with E-state index in [1.807, 2.05) is 30.6 Å². The van der Waals surface area contributed by atoms with Crippen LogP contribution in [0.15, 0.2) is 109 Å². The molecule has 0 atom stereocenters. The Morgan fingerprint density at radius 3 is 2.09 bits per heavy atom. The van der Waals surface area contributed by atoms with Crippen LogP contribution < -0.4 is 4.90 Å². The predicted molar refractivity (Wildman–Crippen MR) is 180 cm³/mol. The summed E-state index contributed by atoms with van der Waals surface area (Å²) in [6.07, 6.45) is 11.1. The predicted octanol–water partition coefficient (Wildman–Crippen LogP) is 7.65. The van der Waals surface area contributed by atoms with Crippen LogP contribution in [0.5, 0.6) is 0 Å². The number of pyridine rings is 1. The van der Waals surface area contributed by atoms with E-state index >= 15 is 0 Å². The highest BCUT2D eigenvalue weighted by Gasteiger charge is 2.24. The van der Waals surface area contributed by atoms with Crippen LogP contribution in [0.1, 0.15) is 71.5 Å². The summed E-state index contributed by atoms with van der Waals surface area (Å²) in [4.78, 5) is 25.3. The van der Waals surface area contributed by atoms with Crippen LogP contribution in [-0.4, -0.2) is 60.0 Å². The molecule has 6 rings (SSSR count). The van der Waals surface area contributed by atoms with Gasteiger partial charge in [-0.2, -0.15) is 0 Å². The lowest BCUT2D eigenvalue weighted by atomic mass is 9.88. The summed E-state index contributed by atoms with van der Waals surface area (Å²) in [5, 5.41) is 0. The fourth-order valence-corrected chi connectivity index (χ4v) is 7.07. The average molecular weight is 587 g/mol. The topological polar surface area (TPSA) is 39.7 Å². The molecule has 0 spiro atoms. The SMILES string of the molecule is O=C(c1cccc(N2CCN(CCC(c3ccccc3)c3ccccc3)CC2)c1)N(Cc1ccncc1)CC1CCCCC1. The van der Waals surface area contributed by atoms with E-state index in [1.54, 1.807) is 0 Å². The van der Waals surface area contributed by atoms with Gasteiger partial charge in [-0.05, 0) is 78.7 Å². The molecule has 44 heavy (non-hydrogen) atoms. The molecule has 1 aliphatic heterocycles. The van der Waals surface area contributed by atoms with E-state index in [2.05, 4.69) is 98.5 Å². The van der Waals surface area contributed by atoms with Crippen LogP contribution in [0.4, 0.5) is 5.69 Å². The minimum absolute atomic E-state index is 0.140. The van der Waals surface area contributed by atoms with E-state index in [0.717, 1.165) is 62.5 Å². The first-order valence-electron chi connectivity index (χ1n) is 16.6. The molecule has 1 amide bonds. The Hall–Kier alpha value is -3.96. The summed E-state index contributed by atoms with van der Waals surface area (Å²) < 4.78 is 0. The van der Waals surface area contributed by atoms with E-state index in [4.69, 9.17) is 0 Å². The molecular weight excluding hydrogens is 540 g/mol. The molecular formula is C39H46N4O. The average Bonchev–Trinajstić information content (AvgIpc) is 3.10. The minimum atomic E-state index is 0.140. The smallest absolute Gasteiger partial charge is 0.254 e. The van der Waals surface area contributed by atoms with Crippen molar-refractivity contribution in [3.8, 4) is 0 Å². The Morgan fingerprint density at radius 2 is 1.43 bits per heavy atom. The first-order valence-corrected chi connectivity index (χ1v) is 16.6. The van der Waals surface area contributed by atoms with Crippen LogP contribution in [0.25, 0.3) is 0 Å². The van der Waals surface area contributed by atoms with Gasteiger partial charge in [0.2, 0.25) is 0 Å². The molecule has 1 saturated heterocycles. The Balaban J connectivity index is 1.08. The number of anilines is 1. The molecule has 1 saturated carbocycles. The van der Waals surface area contributed by atoms with E-state index < -0.39 is 0 Å². The molecule has 1 aromatic heterocycles. The maximum atomic E-state index is 14.0. The lowest BCUT2D eigenvalue weighted by Gasteiger charge is -2.37. The second kappa shape index (κ2) is 15.2. The lowest BCUT2D eigenvalue weighted by Crippen LogP contribution is -2.47. The first-order chi connectivity index (χ1) is 21.7. The molecule has 3 aromatic carbocycles. The molecule has 5 heteroatoms. The van der Waals surface area contributed by atoms with Gasteiger partial charge < -0.3 is 9.80 Å². The Kier molecular flexibility index (Phi) is 10.4. The monoisotopic (exact) mass is 586 g/mol. The fourth-order valence-electron chi connectivity index (χ4n) is 7.07. The third-order valence-corrected chi connectivity index (χ3v) is 9.58. The van der Waals surface area contributed by atoms with Crippen molar-refractivity contribution in [3.63, 3.8) is 0 Å². The van der Waals surface area contributed by atoms with Crippen molar-refractivity contribution >= 4 is 11.6 Å². The molecule has 228 valence electrons. The van der Waals surface area contributed by atoms with Crippen molar-refractivity contribution in [3.05, 3.63) is 132 Å². The molecule has 2 aliphatic rings. The number of nitrogens with zero attached hydrogens (tertiary/aromatic N) is 4. The zero-order valence-electron chi connectivity index (χ0n) is 25.9. The minimum Gasteiger partial charge on any atom is -0.369 e. The number of aromatic nitrogens is 1. The number of benzene rings is 3. The van der Waals surface area contributed by atoms with Gasteiger partial charge in [-0.15, -0.1) is 0 Å². The molecule has 0 radical (unpaired) electrons. The van der Waals surface area contributed by atoms with Crippen LogP contribution in [0.2, 0.25) is 0 Å². The van der Waals surface area contributed by atoms with Crippen molar-refractivity contribution in [2.75, 3.05) is 44.2 Å². The van der Waals surface area contributed by atoms with Crippen LogP contribution in [0.3, 0.4) is 0 Å². The zero-order valence-corrected chi connectivity index (χ0v) is 25.9. The number of rotatable bonds is 11. The number of hydrogen-bond donors (Lipinski definition) is 0. The summed E-state index contributed by atoms with van der Waals surface area (Å²) in [7, 11) is 0. The third-order valence-electron chi connectivity index (χ3n) is 9.58. The molecule has 2 fully saturated rings. The molecule has 5 nitrogen and oxygen atoms in total. The molecule has 2 heterocycles. The normalized spacial score (nSPS) is 16.2. The molecule has 0 unspecified atom stereocenters. The van der Waals surface area contributed by atoms with Gasteiger partial charge in [-0.25, -0.2) is 0 Å². The van der Waals surface area contributed by atoms with Crippen LogP contribution >= 0.6 is 0 Å². The Labute approximate surface area is 263 Å². The van der Waals surface area contributed by atoms with Crippen molar-refractivity contribution in [1.82, 2.24) is 14.8 Å². The summed E-state index contributed by atoms with van der Waals surface area (Å²) in [5.41, 5.74) is 5.87. The van der Waals surface area contributed by atoms with E-state index in [0.29, 0.717) is 18.4 Å². The zero-order chi connectivity index (χ0) is 30.0. The Morgan fingerprint density at radius 1 is 0.773 bits per heavy atom. The van der Waals surface area contributed by atoms with Crippen molar-refractivity contribution in [2.45, 2.75) is 51.0 Å². The van der Waals surface area contributed by atoms with Gasteiger partial charge in [0.05, 0.1) is 0 Å². The number of piperazine rings is 1. The van der Waals surface area contributed by atoms with Gasteiger partial charge >= 0.3 is 0 Å². The Bertz CT molecular complexity index is 1390. The maximum absolute atomic E-state index is 14.0. The highest BCUT2D eigenvalue weighted by atomic mass is 16.2. The van der Waals surface area contributed by atoms with Crippen molar-refractivity contribution in [2.24, 2.45) is 5.92 Å². The summed E-state index contributed by atoms with van der Waals surface area (Å²) >= 11 is 0. The maximum Gasteiger partial charge on any atom is 0.254 e. The number of carbonyl (C=O) groups is 1. The summed E-state index contributed by atoms with van der Waals surface area (Å²) in [5.74, 6) is 1.14. The van der Waals surface area contributed by atoms with Gasteiger partial charge in [0.25, 0.3) is 5.91 Å². The van der Waals surface area contributed by atoms with Crippen LogP contribution in [-0.2, 0) is 6.54 Å². The largest absolute Gasteiger partial charge is 0.369 e. The van der Waals surface area contributed by atoms with Gasteiger partial charge in [-0.1, -0.05) is 86.0 Å². The molecule has 1 aliphatic carbocycles. The van der Waals surface area contributed by atoms with Crippen molar-refractivity contribution < 1.29 is 4.79 Å². The second-order valence-corrected chi connectivity index (χ2v) is 12.6.